The molecule has 0 aromatic heterocycles. The van der Waals surface area contributed by atoms with Gasteiger partial charge in [0.1, 0.15) is 6.67 Å². The van der Waals surface area contributed by atoms with Crippen molar-refractivity contribution in [2.75, 3.05) is 19.9 Å². The maximum absolute atomic E-state index is 12.2. The molecule has 5 heteroatoms. The van der Waals surface area contributed by atoms with Gasteiger partial charge in [0, 0.05) is 0 Å². The van der Waals surface area contributed by atoms with Crippen LogP contribution in [0.3, 0.4) is 0 Å². The Morgan fingerprint density at radius 2 is 1.54 bits per heavy atom. The van der Waals surface area contributed by atoms with Gasteiger partial charge in [-0.15, -0.1) is 0 Å². The molecule has 0 aliphatic carbocycles. The summed E-state index contributed by atoms with van der Waals surface area (Å²) in [6, 6.07) is 0. The molecule has 4 nitrogen and oxygen atoms in total. The van der Waals surface area contributed by atoms with Crippen LogP contribution in [0.1, 0.15) is 13.8 Å². The van der Waals surface area contributed by atoms with Crippen molar-refractivity contribution < 1.29 is 23.5 Å². The molecule has 0 amide bonds. The fourth-order valence-corrected chi connectivity index (χ4v) is 0.708. The Labute approximate surface area is 76.0 Å². The first-order chi connectivity index (χ1) is 6.17. The van der Waals surface area contributed by atoms with E-state index in [1.807, 2.05) is 0 Å². The molecule has 0 saturated heterocycles. The van der Waals surface area contributed by atoms with Gasteiger partial charge in [-0.05, 0) is 13.8 Å². The number of hydrogen-bond acceptors (Lipinski definition) is 4. The molecule has 0 unspecified atom stereocenters. The van der Waals surface area contributed by atoms with Gasteiger partial charge in [-0.3, -0.25) is 9.59 Å². The summed E-state index contributed by atoms with van der Waals surface area (Å²) >= 11 is 0. The van der Waals surface area contributed by atoms with Crippen molar-refractivity contribution in [3.8, 4) is 0 Å². The van der Waals surface area contributed by atoms with E-state index in [1.54, 1.807) is 13.8 Å². The minimum absolute atomic E-state index is 0.120. The first-order valence-corrected chi connectivity index (χ1v) is 4.06. The summed E-state index contributed by atoms with van der Waals surface area (Å²) in [5, 5.41) is 0. The van der Waals surface area contributed by atoms with Gasteiger partial charge in [0.25, 0.3) is 0 Å². The van der Waals surface area contributed by atoms with Crippen LogP contribution < -0.4 is 0 Å². The topological polar surface area (TPSA) is 52.6 Å². The van der Waals surface area contributed by atoms with Crippen molar-refractivity contribution in [3.05, 3.63) is 0 Å². The number of esters is 2. The number of rotatable bonds is 5. The number of alkyl halides is 1. The van der Waals surface area contributed by atoms with Crippen molar-refractivity contribution in [1.29, 1.82) is 0 Å². The third-order valence-corrected chi connectivity index (χ3v) is 1.30. The van der Waals surface area contributed by atoms with Crippen LogP contribution >= 0.6 is 0 Å². The molecule has 76 valence electrons. The van der Waals surface area contributed by atoms with E-state index in [2.05, 4.69) is 9.47 Å². The summed E-state index contributed by atoms with van der Waals surface area (Å²) in [7, 11) is 0. The van der Waals surface area contributed by atoms with Crippen LogP contribution in [0.15, 0.2) is 0 Å². The number of carbonyl (C=O) groups excluding carboxylic acids is 2. The van der Waals surface area contributed by atoms with Gasteiger partial charge in [0.05, 0.1) is 13.2 Å². The highest BCUT2D eigenvalue weighted by atomic mass is 19.1. The van der Waals surface area contributed by atoms with Gasteiger partial charge < -0.3 is 9.47 Å². The Morgan fingerprint density at radius 3 is 1.77 bits per heavy atom. The van der Waals surface area contributed by atoms with Gasteiger partial charge in [-0.1, -0.05) is 0 Å². The number of hydrogen-bond donors (Lipinski definition) is 0. The maximum Gasteiger partial charge on any atom is 0.323 e. The lowest BCUT2D eigenvalue weighted by Gasteiger charge is -2.10. The SMILES string of the molecule is CCOC(=O)C(CF)C(=O)OCC. The molecule has 0 bridgehead atoms. The normalized spacial score (nSPS) is 9.85. The molecule has 0 aliphatic heterocycles. The monoisotopic (exact) mass is 192 g/mol. The summed E-state index contributed by atoms with van der Waals surface area (Å²) in [6.07, 6.45) is 0. The van der Waals surface area contributed by atoms with Gasteiger partial charge in [0.2, 0.25) is 0 Å². The standard InChI is InChI=1S/C8H13FO4/c1-3-12-7(10)6(5-9)8(11)13-4-2/h6H,3-5H2,1-2H3. The number of ether oxygens (including phenoxy) is 2. The fourth-order valence-electron chi connectivity index (χ4n) is 0.708. The lowest BCUT2D eigenvalue weighted by atomic mass is 10.2. The summed E-state index contributed by atoms with van der Waals surface area (Å²) < 4.78 is 21.2. The Bertz CT molecular complexity index is 163. The Hall–Kier alpha value is -1.13. The van der Waals surface area contributed by atoms with E-state index in [1.165, 1.54) is 0 Å². The van der Waals surface area contributed by atoms with Crippen LogP contribution in [0.2, 0.25) is 0 Å². The van der Waals surface area contributed by atoms with E-state index in [9.17, 15) is 14.0 Å². The van der Waals surface area contributed by atoms with E-state index in [0.29, 0.717) is 0 Å². The van der Waals surface area contributed by atoms with E-state index in [0.717, 1.165) is 0 Å². The second-order valence-electron chi connectivity index (χ2n) is 2.21. The Balaban J connectivity index is 4.15. The van der Waals surface area contributed by atoms with Crippen LogP contribution in [0.25, 0.3) is 0 Å². The van der Waals surface area contributed by atoms with Crippen LogP contribution in [0.5, 0.6) is 0 Å². The first kappa shape index (κ1) is 11.9. The van der Waals surface area contributed by atoms with Crippen molar-refractivity contribution in [2.45, 2.75) is 13.8 Å². The summed E-state index contributed by atoms with van der Waals surface area (Å²) in [6.45, 7) is 2.32. The van der Waals surface area contributed by atoms with Crippen molar-refractivity contribution in [2.24, 2.45) is 5.92 Å². The molecule has 0 N–H and O–H groups in total. The predicted octanol–water partition coefficient (Wildman–Crippen LogP) is 0.698. The van der Waals surface area contributed by atoms with Crippen LogP contribution in [0, 0.1) is 5.92 Å². The average Bonchev–Trinajstić information content (AvgIpc) is 2.06. The van der Waals surface area contributed by atoms with Gasteiger partial charge in [0.15, 0.2) is 5.92 Å². The van der Waals surface area contributed by atoms with Crippen LogP contribution in [-0.4, -0.2) is 31.8 Å². The van der Waals surface area contributed by atoms with Gasteiger partial charge >= 0.3 is 11.9 Å². The summed E-state index contributed by atoms with van der Waals surface area (Å²) in [5.41, 5.74) is 0. The maximum atomic E-state index is 12.2. The molecule has 0 rings (SSSR count). The zero-order chi connectivity index (χ0) is 10.3. The van der Waals surface area contributed by atoms with Crippen molar-refractivity contribution >= 4 is 11.9 Å². The Kier molecular flexibility index (Phi) is 5.84. The molecule has 0 aromatic carbocycles. The predicted molar refractivity (Wildman–Crippen MR) is 42.7 cm³/mol. The van der Waals surface area contributed by atoms with E-state index >= 15 is 0 Å². The van der Waals surface area contributed by atoms with Gasteiger partial charge in [-0.2, -0.15) is 0 Å². The van der Waals surface area contributed by atoms with E-state index < -0.39 is 24.5 Å². The Morgan fingerprint density at radius 1 is 1.15 bits per heavy atom. The molecule has 0 aromatic rings. The van der Waals surface area contributed by atoms with Crippen molar-refractivity contribution in [1.82, 2.24) is 0 Å². The highest BCUT2D eigenvalue weighted by molar-refractivity contribution is 5.95. The minimum Gasteiger partial charge on any atom is -0.465 e. The van der Waals surface area contributed by atoms with Gasteiger partial charge in [-0.25, -0.2) is 4.39 Å². The minimum atomic E-state index is -1.43. The third kappa shape index (κ3) is 3.87. The smallest absolute Gasteiger partial charge is 0.323 e. The zero-order valence-corrected chi connectivity index (χ0v) is 7.71. The second-order valence-corrected chi connectivity index (χ2v) is 2.21. The zero-order valence-electron chi connectivity index (χ0n) is 7.71. The summed E-state index contributed by atoms with van der Waals surface area (Å²) in [5.74, 6) is -3.17. The van der Waals surface area contributed by atoms with Crippen LogP contribution in [0.4, 0.5) is 4.39 Å². The second kappa shape index (κ2) is 6.39. The molecule has 0 atom stereocenters. The quantitative estimate of drug-likeness (QED) is 0.475. The molecule has 13 heavy (non-hydrogen) atoms. The third-order valence-electron chi connectivity index (χ3n) is 1.30. The molecular weight excluding hydrogens is 179 g/mol. The van der Waals surface area contributed by atoms with E-state index in [4.69, 9.17) is 0 Å². The molecule has 0 radical (unpaired) electrons. The molecule has 0 heterocycles. The molecule has 0 spiro atoms. The fraction of sp³-hybridized carbons (Fsp3) is 0.750. The number of carbonyl (C=O) groups is 2. The average molecular weight is 192 g/mol. The molecule has 0 fully saturated rings. The molecular formula is C8H13FO4. The lowest BCUT2D eigenvalue weighted by molar-refractivity contribution is -0.162. The first-order valence-electron chi connectivity index (χ1n) is 4.06. The molecule has 0 aliphatic rings. The highest BCUT2D eigenvalue weighted by Gasteiger charge is 2.29. The summed E-state index contributed by atoms with van der Waals surface area (Å²) in [4.78, 5) is 21.9. The van der Waals surface area contributed by atoms with Crippen LogP contribution in [-0.2, 0) is 19.1 Å². The lowest BCUT2D eigenvalue weighted by Crippen LogP contribution is -2.29. The molecule has 0 saturated carbocycles. The van der Waals surface area contributed by atoms with E-state index in [-0.39, 0.29) is 13.2 Å². The van der Waals surface area contributed by atoms with Crippen molar-refractivity contribution in [3.63, 3.8) is 0 Å². The highest BCUT2D eigenvalue weighted by Crippen LogP contribution is 2.04. The number of halogens is 1. The largest absolute Gasteiger partial charge is 0.465 e.